The number of halogens is 1. The summed E-state index contributed by atoms with van der Waals surface area (Å²) in [7, 11) is 0. The molecule has 1 aliphatic heterocycles. The van der Waals surface area contributed by atoms with E-state index in [1.807, 2.05) is 6.92 Å². The highest BCUT2D eigenvalue weighted by atomic mass is 35.5. The molecule has 0 saturated carbocycles. The van der Waals surface area contributed by atoms with Crippen molar-refractivity contribution in [3.8, 4) is 0 Å². The van der Waals surface area contributed by atoms with Crippen LogP contribution in [0.3, 0.4) is 0 Å². The van der Waals surface area contributed by atoms with Crippen molar-refractivity contribution in [2.45, 2.75) is 12.5 Å². The highest BCUT2D eigenvalue weighted by molar-refractivity contribution is 6.33. The second kappa shape index (κ2) is 5.78. The van der Waals surface area contributed by atoms with Crippen molar-refractivity contribution in [1.82, 2.24) is 5.32 Å². The van der Waals surface area contributed by atoms with Gasteiger partial charge < -0.3 is 21.1 Å². The van der Waals surface area contributed by atoms with Crippen molar-refractivity contribution in [2.24, 2.45) is 5.73 Å². The third-order valence-electron chi connectivity index (χ3n) is 3.07. The van der Waals surface area contributed by atoms with Gasteiger partial charge in [0.1, 0.15) is 6.61 Å². The lowest BCUT2D eigenvalue weighted by molar-refractivity contribution is -0.130. The molecule has 108 valence electrons. The molecule has 0 unspecified atom stereocenters. The van der Waals surface area contributed by atoms with Crippen LogP contribution in [-0.4, -0.2) is 37.1 Å². The predicted octanol–water partition coefficient (Wildman–Crippen LogP) is 0.756. The molecule has 0 atom stereocenters. The summed E-state index contributed by atoms with van der Waals surface area (Å²) in [4.78, 5) is 22.9. The van der Waals surface area contributed by atoms with Crippen LogP contribution >= 0.6 is 11.6 Å². The van der Waals surface area contributed by atoms with Gasteiger partial charge in [-0.3, -0.25) is 9.59 Å². The van der Waals surface area contributed by atoms with Crippen molar-refractivity contribution < 1.29 is 14.3 Å². The number of primary amides is 1. The summed E-state index contributed by atoms with van der Waals surface area (Å²) in [5.74, 6) is -0.939. The Bertz CT molecular complexity index is 544. The largest absolute Gasteiger partial charge is 0.366 e. The summed E-state index contributed by atoms with van der Waals surface area (Å²) < 4.78 is 5.51. The molecular formula is C13H16ClN3O3. The van der Waals surface area contributed by atoms with E-state index in [1.54, 1.807) is 6.07 Å². The standard InChI is InChI=1S/C13H16ClN3O3/c1-13(6-16-7-13)20-5-11(18)17-8-2-3-10(14)9(4-8)12(15)19/h2-4,16H,5-7H2,1H3,(H2,15,19)(H,17,18). The number of benzene rings is 1. The summed E-state index contributed by atoms with van der Waals surface area (Å²) in [6, 6.07) is 4.55. The molecule has 1 aromatic rings. The maximum atomic E-state index is 11.8. The molecule has 1 heterocycles. The smallest absolute Gasteiger partial charge is 0.250 e. The van der Waals surface area contributed by atoms with Gasteiger partial charge in [-0.25, -0.2) is 0 Å². The molecule has 4 N–H and O–H groups in total. The van der Waals surface area contributed by atoms with Crippen LogP contribution in [0.4, 0.5) is 5.69 Å². The van der Waals surface area contributed by atoms with Gasteiger partial charge in [0.25, 0.3) is 0 Å². The van der Waals surface area contributed by atoms with Gasteiger partial charge in [-0.2, -0.15) is 0 Å². The molecule has 2 rings (SSSR count). The lowest BCUT2D eigenvalue weighted by atomic mass is 10.0. The molecule has 1 aliphatic rings. The fourth-order valence-electron chi connectivity index (χ4n) is 1.81. The van der Waals surface area contributed by atoms with Crippen LogP contribution in [0.1, 0.15) is 17.3 Å². The second-order valence-electron chi connectivity index (χ2n) is 4.95. The van der Waals surface area contributed by atoms with Gasteiger partial charge >= 0.3 is 0 Å². The number of nitrogens with one attached hydrogen (secondary N) is 2. The third kappa shape index (κ3) is 3.47. The van der Waals surface area contributed by atoms with E-state index < -0.39 is 5.91 Å². The highest BCUT2D eigenvalue weighted by Gasteiger charge is 2.33. The fourth-order valence-corrected chi connectivity index (χ4v) is 2.02. The topological polar surface area (TPSA) is 93.4 Å². The Kier molecular flexibility index (Phi) is 4.27. The number of hydrogen-bond acceptors (Lipinski definition) is 4. The SMILES string of the molecule is CC1(OCC(=O)Nc2ccc(Cl)c(C(N)=O)c2)CNC1. The number of nitrogens with two attached hydrogens (primary N) is 1. The number of anilines is 1. The number of carbonyl (C=O) groups excluding carboxylic acids is 2. The summed E-state index contributed by atoms with van der Waals surface area (Å²) in [5.41, 5.74) is 5.53. The molecule has 0 spiro atoms. The zero-order valence-electron chi connectivity index (χ0n) is 11.0. The Morgan fingerprint density at radius 1 is 1.50 bits per heavy atom. The van der Waals surface area contributed by atoms with Crippen molar-refractivity contribution in [3.63, 3.8) is 0 Å². The molecule has 0 aromatic heterocycles. The first kappa shape index (κ1) is 14.8. The average molecular weight is 298 g/mol. The van der Waals surface area contributed by atoms with Gasteiger partial charge in [0.2, 0.25) is 11.8 Å². The number of hydrogen-bond donors (Lipinski definition) is 3. The van der Waals surface area contributed by atoms with Gasteiger partial charge in [0.15, 0.2) is 0 Å². The normalized spacial score (nSPS) is 16.3. The molecule has 0 radical (unpaired) electrons. The lowest BCUT2D eigenvalue weighted by Gasteiger charge is -2.38. The Morgan fingerprint density at radius 3 is 2.75 bits per heavy atom. The summed E-state index contributed by atoms with van der Waals surface area (Å²) in [6.45, 7) is 3.34. The Balaban J connectivity index is 1.94. The maximum Gasteiger partial charge on any atom is 0.250 e. The van der Waals surface area contributed by atoms with Crippen LogP contribution in [0.15, 0.2) is 18.2 Å². The number of rotatable bonds is 5. The average Bonchev–Trinajstić information content (AvgIpc) is 2.36. The molecule has 1 saturated heterocycles. The van der Waals surface area contributed by atoms with Crippen molar-refractivity contribution in [2.75, 3.05) is 25.0 Å². The Labute approximate surface area is 121 Å². The van der Waals surface area contributed by atoms with E-state index in [1.165, 1.54) is 12.1 Å². The van der Waals surface area contributed by atoms with E-state index in [0.717, 1.165) is 13.1 Å². The summed E-state index contributed by atoms with van der Waals surface area (Å²) >= 11 is 5.83. The van der Waals surface area contributed by atoms with Gasteiger partial charge in [0.05, 0.1) is 16.2 Å². The first-order valence-corrected chi connectivity index (χ1v) is 6.51. The minimum atomic E-state index is -0.643. The molecule has 0 aliphatic carbocycles. The zero-order valence-corrected chi connectivity index (χ0v) is 11.8. The van der Waals surface area contributed by atoms with Crippen molar-refractivity contribution >= 4 is 29.1 Å². The minimum Gasteiger partial charge on any atom is -0.366 e. The number of ether oxygens (including phenoxy) is 1. The molecule has 20 heavy (non-hydrogen) atoms. The van der Waals surface area contributed by atoms with Gasteiger partial charge in [-0.05, 0) is 25.1 Å². The molecular weight excluding hydrogens is 282 g/mol. The first-order chi connectivity index (χ1) is 9.39. The first-order valence-electron chi connectivity index (χ1n) is 6.13. The van der Waals surface area contributed by atoms with Gasteiger partial charge in [0, 0.05) is 18.8 Å². The molecule has 7 heteroatoms. The van der Waals surface area contributed by atoms with E-state index >= 15 is 0 Å². The van der Waals surface area contributed by atoms with Crippen molar-refractivity contribution in [1.29, 1.82) is 0 Å². The second-order valence-corrected chi connectivity index (χ2v) is 5.36. The van der Waals surface area contributed by atoms with Crippen LogP contribution in [0.25, 0.3) is 0 Å². The van der Waals surface area contributed by atoms with Crippen LogP contribution in [0.5, 0.6) is 0 Å². The minimum absolute atomic E-state index is 0.0489. The van der Waals surface area contributed by atoms with E-state index in [2.05, 4.69) is 10.6 Å². The van der Waals surface area contributed by atoms with Crippen LogP contribution < -0.4 is 16.4 Å². The van der Waals surface area contributed by atoms with E-state index in [4.69, 9.17) is 22.1 Å². The monoisotopic (exact) mass is 297 g/mol. The van der Waals surface area contributed by atoms with Crippen LogP contribution in [0.2, 0.25) is 5.02 Å². The van der Waals surface area contributed by atoms with Gasteiger partial charge in [-0.1, -0.05) is 11.6 Å². The van der Waals surface area contributed by atoms with Gasteiger partial charge in [-0.15, -0.1) is 0 Å². The molecule has 1 fully saturated rings. The predicted molar refractivity (Wildman–Crippen MR) is 75.8 cm³/mol. The number of carbonyl (C=O) groups is 2. The van der Waals surface area contributed by atoms with Crippen molar-refractivity contribution in [3.05, 3.63) is 28.8 Å². The molecule has 1 aromatic carbocycles. The third-order valence-corrected chi connectivity index (χ3v) is 3.39. The maximum absolute atomic E-state index is 11.8. The molecule has 0 bridgehead atoms. The molecule has 2 amide bonds. The lowest BCUT2D eigenvalue weighted by Crippen LogP contribution is -2.59. The highest BCUT2D eigenvalue weighted by Crippen LogP contribution is 2.20. The fraction of sp³-hybridized carbons (Fsp3) is 0.385. The quantitative estimate of drug-likeness (QED) is 0.748. The van der Waals surface area contributed by atoms with Crippen LogP contribution in [0, 0.1) is 0 Å². The zero-order chi connectivity index (χ0) is 14.8. The van der Waals surface area contributed by atoms with Crippen LogP contribution in [-0.2, 0) is 9.53 Å². The van der Waals surface area contributed by atoms with E-state index in [0.29, 0.717) is 5.69 Å². The summed E-state index contributed by atoms with van der Waals surface area (Å²) in [5, 5.41) is 5.96. The molecule has 6 nitrogen and oxygen atoms in total. The Morgan fingerprint density at radius 2 is 2.20 bits per heavy atom. The Hall–Kier alpha value is -1.63. The number of amides is 2. The summed E-state index contributed by atoms with van der Waals surface area (Å²) in [6.07, 6.45) is 0. The van der Waals surface area contributed by atoms with E-state index in [-0.39, 0.29) is 28.7 Å². The van der Waals surface area contributed by atoms with E-state index in [9.17, 15) is 9.59 Å².